The van der Waals surface area contributed by atoms with Crippen LogP contribution >= 0.6 is 15.9 Å². The van der Waals surface area contributed by atoms with Gasteiger partial charge in [0, 0.05) is 23.3 Å². The summed E-state index contributed by atoms with van der Waals surface area (Å²) in [6.45, 7) is 0. The molecule has 0 spiro atoms. The van der Waals surface area contributed by atoms with Crippen molar-refractivity contribution in [1.29, 1.82) is 0 Å². The van der Waals surface area contributed by atoms with Crippen LogP contribution in [0.2, 0.25) is 0 Å². The lowest BCUT2D eigenvalue weighted by Gasteiger charge is -2.05. The van der Waals surface area contributed by atoms with Crippen molar-refractivity contribution in [3.05, 3.63) is 41.3 Å². The third-order valence-electron chi connectivity index (χ3n) is 3.07. The molecule has 5 heteroatoms. The van der Waals surface area contributed by atoms with Crippen molar-refractivity contribution in [2.24, 2.45) is 7.05 Å². The molecule has 0 unspecified atom stereocenters. The molecule has 3 aromatic rings. The van der Waals surface area contributed by atoms with Crippen molar-refractivity contribution < 1.29 is 4.74 Å². The highest BCUT2D eigenvalue weighted by Crippen LogP contribution is 2.32. The lowest BCUT2D eigenvalue weighted by molar-refractivity contribution is 0.415. The van der Waals surface area contributed by atoms with Gasteiger partial charge in [-0.3, -0.25) is 0 Å². The molecule has 0 fully saturated rings. The van der Waals surface area contributed by atoms with Crippen molar-refractivity contribution in [3.8, 4) is 17.0 Å². The highest BCUT2D eigenvalue weighted by atomic mass is 79.9. The summed E-state index contributed by atoms with van der Waals surface area (Å²) in [7, 11) is 3.63. The lowest BCUT2D eigenvalue weighted by atomic mass is 10.1. The van der Waals surface area contributed by atoms with Gasteiger partial charge in [-0.25, -0.2) is 9.97 Å². The zero-order valence-corrected chi connectivity index (χ0v) is 12.2. The molecule has 0 aliphatic heterocycles. The Morgan fingerprint density at radius 1 is 1.16 bits per heavy atom. The third kappa shape index (κ3) is 2.00. The van der Waals surface area contributed by atoms with Crippen LogP contribution in [0.15, 0.2) is 41.3 Å². The van der Waals surface area contributed by atoms with Crippen LogP contribution in [-0.2, 0) is 7.05 Å². The summed E-state index contributed by atoms with van der Waals surface area (Å²) in [4.78, 5) is 8.73. The van der Waals surface area contributed by atoms with Gasteiger partial charge in [0.05, 0.1) is 18.2 Å². The second kappa shape index (κ2) is 4.66. The van der Waals surface area contributed by atoms with Gasteiger partial charge in [-0.1, -0.05) is 0 Å². The van der Waals surface area contributed by atoms with Gasteiger partial charge in [0.25, 0.3) is 0 Å². The molecule has 19 heavy (non-hydrogen) atoms. The Balaban J connectivity index is 2.24. The van der Waals surface area contributed by atoms with Gasteiger partial charge in [-0.15, -0.1) is 0 Å². The maximum atomic E-state index is 5.17. The van der Waals surface area contributed by atoms with Gasteiger partial charge < -0.3 is 9.30 Å². The maximum Gasteiger partial charge on any atom is 0.144 e. The first-order chi connectivity index (χ1) is 9.20. The van der Waals surface area contributed by atoms with E-state index in [0.29, 0.717) is 0 Å². The monoisotopic (exact) mass is 317 g/mol. The molecule has 3 rings (SSSR count). The first-order valence-electron chi connectivity index (χ1n) is 5.80. The predicted molar refractivity (Wildman–Crippen MR) is 78.2 cm³/mol. The number of ether oxygens (including phenoxy) is 1. The number of aryl methyl sites for hydroxylation is 1. The summed E-state index contributed by atoms with van der Waals surface area (Å²) >= 11 is 3.57. The Hall–Kier alpha value is -1.88. The standard InChI is InChI=1S/C14H12BrN3O/c1-18-7-11(15)12-13(16-8-17-14(12)18)9-3-5-10(19-2)6-4-9/h3-8H,1-2H3. The number of halogens is 1. The largest absolute Gasteiger partial charge is 0.497 e. The predicted octanol–water partition coefficient (Wildman–Crippen LogP) is 3.41. The molecule has 96 valence electrons. The van der Waals surface area contributed by atoms with Crippen LogP contribution in [0, 0.1) is 0 Å². The summed E-state index contributed by atoms with van der Waals surface area (Å²) in [5.74, 6) is 0.834. The molecule has 0 aliphatic rings. The molecule has 0 saturated carbocycles. The van der Waals surface area contributed by atoms with E-state index in [-0.39, 0.29) is 0 Å². The molecule has 0 bridgehead atoms. The molecule has 0 amide bonds. The smallest absolute Gasteiger partial charge is 0.144 e. The van der Waals surface area contributed by atoms with E-state index in [0.717, 1.165) is 32.5 Å². The van der Waals surface area contributed by atoms with Crippen molar-refractivity contribution in [2.45, 2.75) is 0 Å². The second-order valence-corrected chi connectivity index (χ2v) is 5.09. The zero-order chi connectivity index (χ0) is 13.4. The molecule has 2 heterocycles. The van der Waals surface area contributed by atoms with E-state index < -0.39 is 0 Å². The van der Waals surface area contributed by atoms with Crippen LogP contribution in [0.5, 0.6) is 5.75 Å². The summed E-state index contributed by atoms with van der Waals surface area (Å²) in [6, 6.07) is 7.86. The van der Waals surface area contributed by atoms with Crippen LogP contribution < -0.4 is 4.74 Å². The van der Waals surface area contributed by atoms with Crippen LogP contribution in [-0.4, -0.2) is 21.6 Å². The minimum atomic E-state index is 0.834. The van der Waals surface area contributed by atoms with E-state index in [2.05, 4.69) is 25.9 Å². The quantitative estimate of drug-likeness (QED) is 0.727. The number of hydrogen-bond acceptors (Lipinski definition) is 3. The van der Waals surface area contributed by atoms with E-state index in [1.54, 1.807) is 13.4 Å². The van der Waals surface area contributed by atoms with E-state index >= 15 is 0 Å². The fraction of sp³-hybridized carbons (Fsp3) is 0.143. The molecular weight excluding hydrogens is 306 g/mol. The lowest BCUT2D eigenvalue weighted by Crippen LogP contribution is -1.91. The summed E-state index contributed by atoms with van der Waals surface area (Å²) < 4.78 is 8.15. The van der Waals surface area contributed by atoms with Gasteiger partial charge >= 0.3 is 0 Å². The summed E-state index contributed by atoms with van der Waals surface area (Å²) in [6.07, 6.45) is 3.58. The van der Waals surface area contributed by atoms with Gasteiger partial charge in [0.2, 0.25) is 0 Å². The Labute approximate surface area is 119 Å². The van der Waals surface area contributed by atoms with Crippen LogP contribution in [0.1, 0.15) is 0 Å². The van der Waals surface area contributed by atoms with Gasteiger partial charge in [-0.2, -0.15) is 0 Å². The second-order valence-electron chi connectivity index (χ2n) is 4.24. The first kappa shape index (κ1) is 12.2. The number of aromatic nitrogens is 3. The Morgan fingerprint density at radius 3 is 2.58 bits per heavy atom. The Morgan fingerprint density at radius 2 is 1.89 bits per heavy atom. The molecule has 0 saturated heterocycles. The van der Waals surface area contributed by atoms with Gasteiger partial charge in [-0.05, 0) is 40.2 Å². The first-order valence-corrected chi connectivity index (χ1v) is 6.60. The average Bonchev–Trinajstić information content (AvgIpc) is 2.74. The highest BCUT2D eigenvalue weighted by Gasteiger charge is 2.13. The van der Waals surface area contributed by atoms with E-state index in [1.807, 2.05) is 42.1 Å². The topological polar surface area (TPSA) is 39.9 Å². The summed E-state index contributed by atoms with van der Waals surface area (Å²) in [5.41, 5.74) is 2.87. The van der Waals surface area contributed by atoms with E-state index in [9.17, 15) is 0 Å². The Kier molecular flexibility index (Phi) is 2.98. The number of methoxy groups -OCH3 is 1. The molecule has 0 radical (unpaired) electrons. The number of hydrogen-bond donors (Lipinski definition) is 0. The Bertz CT molecular complexity index is 734. The molecule has 2 aromatic heterocycles. The van der Waals surface area contributed by atoms with E-state index in [1.165, 1.54) is 0 Å². The van der Waals surface area contributed by atoms with Crippen molar-refractivity contribution in [2.75, 3.05) is 7.11 Å². The average molecular weight is 318 g/mol. The number of nitrogens with zero attached hydrogens (tertiary/aromatic N) is 3. The van der Waals surface area contributed by atoms with Gasteiger partial charge in [0.15, 0.2) is 0 Å². The third-order valence-corrected chi connectivity index (χ3v) is 3.67. The van der Waals surface area contributed by atoms with Crippen molar-refractivity contribution in [3.63, 3.8) is 0 Å². The zero-order valence-electron chi connectivity index (χ0n) is 10.6. The van der Waals surface area contributed by atoms with Crippen molar-refractivity contribution in [1.82, 2.24) is 14.5 Å². The fourth-order valence-corrected chi connectivity index (χ4v) is 2.80. The number of rotatable bonds is 2. The SMILES string of the molecule is COc1ccc(-c2ncnc3c2c(Br)cn3C)cc1. The minimum Gasteiger partial charge on any atom is -0.497 e. The van der Waals surface area contributed by atoms with Crippen LogP contribution in [0.3, 0.4) is 0 Å². The maximum absolute atomic E-state index is 5.17. The molecular formula is C14H12BrN3O. The summed E-state index contributed by atoms with van der Waals surface area (Å²) in [5, 5.41) is 1.02. The van der Waals surface area contributed by atoms with E-state index in [4.69, 9.17) is 4.74 Å². The molecule has 0 atom stereocenters. The fourth-order valence-electron chi connectivity index (χ4n) is 2.13. The number of benzene rings is 1. The molecule has 0 aliphatic carbocycles. The normalized spacial score (nSPS) is 10.9. The number of fused-ring (bicyclic) bond motifs is 1. The van der Waals surface area contributed by atoms with Crippen LogP contribution in [0.4, 0.5) is 0 Å². The molecule has 0 N–H and O–H groups in total. The minimum absolute atomic E-state index is 0.834. The van der Waals surface area contributed by atoms with Gasteiger partial charge in [0.1, 0.15) is 17.7 Å². The van der Waals surface area contributed by atoms with Crippen molar-refractivity contribution >= 4 is 27.0 Å². The van der Waals surface area contributed by atoms with Crippen LogP contribution in [0.25, 0.3) is 22.3 Å². The molecule has 4 nitrogen and oxygen atoms in total. The highest BCUT2D eigenvalue weighted by molar-refractivity contribution is 9.10. The molecule has 1 aromatic carbocycles.